The molecule has 0 fully saturated rings. The highest BCUT2D eigenvalue weighted by Gasteiger charge is 2.20. The summed E-state index contributed by atoms with van der Waals surface area (Å²) in [5.41, 5.74) is 5.62. The zero-order valence-electron chi connectivity index (χ0n) is 16.8. The first-order valence-electron chi connectivity index (χ1n) is 9.07. The van der Waals surface area contributed by atoms with E-state index in [1.165, 1.54) is 35.1 Å². The maximum absolute atomic E-state index is 12.6. The molecule has 0 spiro atoms. The van der Waals surface area contributed by atoms with Gasteiger partial charge in [0, 0.05) is 7.05 Å². The number of amides is 1. The number of primary amides is 1. The Balaban J connectivity index is 1.61. The molecule has 2 N–H and O–H groups in total. The summed E-state index contributed by atoms with van der Waals surface area (Å²) in [6, 6.07) is 4.47. The fraction of sp³-hybridized carbons (Fsp3) is 0.211. The lowest BCUT2D eigenvalue weighted by molar-refractivity contribution is -0.119. The monoisotopic (exact) mass is 477 g/mol. The quantitative estimate of drug-likeness (QED) is 0.395. The van der Waals surface area contributed by atoms with Gasteiger partial charge in [-0.15, -0.1) is 21.5 Å². The number of ether oxygens (including phenoxy) is 3. The van der Waals surface area contributed by atoms with Crippen LogP contribution in [0.25, 0.3) is 16.0 Å². The topological polar surface area (TPSA) is 140 Å². The van der Waals surface area contributed by atoms with Gasteiger partial charge in [-0.2, -0.15) is 0 Å². The SMILES string of the molecule is COc1cc(C(=O)OCc2nnc3n(C)c(=O)c4sccc4n23)cc(Cl)c1OCC(N)=O. The highest BCUT2D eigenvalue weighted by Crippen LogP contribution is 2.36. The number of nitrogens with zero attached hydrogens (tertiary/aromatic N) is 4. The third kappa shape index (κ3) is 3.74. The van der Waals surface area contributed by atoms with Crippen LogP contribution in [0.15, 0.2) is 28.4 Å². The predicted octanol–water partition coefficient (Wildman–Crippen LogP) is 1.53. The molecule has 0 aliphatic rings. The van der Waals surface area contributed by atoms with E-state index < -0.39 is 18.5 Å². The lowest BCUT2D eigenvalue weighted by Crippen LogP contribution is -2.20. The van der Waals surface area contributed by atoms with E-state index in [1.807, 2.05) is 0 Å². The fourth-order valence-corrected chi connectivity index (χ4v) is 4.20. The molecule has 0 atom stereocenters. The zero-order valence-corrected chi connectivity index (χ0v) is 18.4. The highest BCUT2D eigenvalue weighted by atomic mass is 35.5. The Morgan fingerprint density at radius 3 is 2.78 bits per heavy atom. The number of aryl methyl sites for hydroxylation is 1. The van der Waals surface area contributed by atoms with Gasteiger partial charge in [0.25, 0.3) is 11.5 Å². The second-order valence-corrected chi connectivity index (χ2v) is 7.89. The molecule has 1 aromatic carbocycles. The lowest BCUT2D eigenvalue weighted by Gasteiger charge is -2.13. The predicted molar refractivity (Wildman–Crippen MR) is 115 cm³/mol. The number of fused-ring (bicyclic) bond motifs is 3. The molecule has 0 bridgehead atoms. The van der Waals surface area contributed by atoms with E-state index in [4.69, 9.17) is 31.5 Å². The van der Waals surface area contributed by atoms with E-state index in [9.17, 15) is 14.4 Å². The van der Waals surface area contributed by atoms with Crippen molar-refractivity contribution in [2.45, 2.75) is 6.61 Å². The number of aromatic nitrogens is 4. The van der Waals surface area contributed by atoms with Crippen LogP contribution in [0.5, 0.6) is 11.5 Å². The minimum Gasteiger partial charge on any atom is -0.493 e. The molecule has 13 heteroatoms. The number of esters is 1. The summed E-state index contributed by atoms with van der Waals surface area (Å²) in [4.78, 5) is 36.0. The largest absolute Gasteiger partial charge is 0.493 e. The van der Waals surface area contributed by atoms with E-state index in [2.05, 4.69) is 10.2 Å². The molecule has 0 saturated carbocycles. The molecule has 4 rings (SSSR count). The van der Waals surface area contributed by atoms with Crippen molar-refractivity contribution in [3.63, 3.8) is 0 Å². The van der Waals surface area contributed by atoms with E-state index in [0.717, 1.165) is 0 Å². The summed E-state index contributed by atoms with van der Waals surface area (Å²) >= 11 is 7.48. The number of nitrogens with two attached hydrogens (primary N) is 1. The maximum atomic E-state index is 12.6. The van der Waals surface area contributed by atoms with E-state index in [-0.39, 0.29) is 34.3 Å². The van der Waals surface area contributed by atoms with Crippen LogP contribution in [-0.4, -0.2) is 44.8 Å². The molecule has 0 aliphatic heterocycles. The standard InChI is InChI=1S/C19H16ClN5O6S/c1-24-17(27)16-11(3-4-32-16)25-14(22-23-19(24)25)8-31-18(28)9-5-10(20)15(12(6-9)29-2)30-7-13(21)26/h3-6H,7-8H2,1-2H3,(H2,21,26). The van der Waals surface area contributed by atoms with Gasteiger partial charge in [-0.1, -0.05) is 11.6 Å². The lowest BCUT2D eigenvalue weighted by atomic mass is 10.2. The number of hydrogen-bond donors (Lipinski definition) is 1. The fourth-order valence-electron chi connectivity index (χ4n) is 3.08. The smallest absolute Gasteiger partial charge is 0.338 e. The Labute approximate surface area is 188 Å². The number of carbonyl (C=O) groups is 2. The van der Waals surface area contributed by atoms with Crippen LogP contribution in [0.4, 0.5) is 0 Å². The summed E-state index contributed by atoms with van der Waals surface area (Å²) in [6.45, 7) is -0.609. The van der Waals surface area contributed by atoms with Crippen LogP contribution in [0.3, 0.4) is 0 Å². The molecule has 1 amide bonds. The van der Waals surface area contributed by atoms with Crippen LogP contribution in [0.1, 0.15) is 16.2 Å². The average molecular weight is 478 g/mol. The van der Waals surface area contributed by atoms with Gasteiger partial charge >= 0.3 is 5.97 Å². The van der Waals surface area contributed by atoms with Crippen molar-refractivity contribution in [3.8, 4) is 11.5 Å². The Hall–Kier alpha value is -3.64. The van der Waals surface area contributed by atoms with Gasteiger partial charge in [0.05, 0.1) is 23.2 Å². The van der Waals surface area contributed by atoms with Crippen LogP contribution in [-0.2, 0) is 23.2 Å². The van der Waals surface area contributed by atoms with Crippen molar-refractivity contribution in [2.24, 2.45) is 12.8 Å². The normalized spacial score (nSPS) is 11.1. The van der Waals surface area contributed by atoms with Gasteiger partial charge in [-0.25, -0.2) is 4.79 Å². The number of benzene rings is 1. The number of hydrogen-bond acceptors (Lipinski definition) is 9. The summed E-state index contributed by atoms with van der Waals surface area (Å²) in [5, 5.41) is 9.94. The number of halogens is 1. The Bertz CT molecular complexity index is 1430. The molecule has 3 aromatic heterocycles. The molecule has 0 radical (unpaired) electrons. The Morgan fingerprint density at radius 2 is 2.06 bits per heavy atom. The maximum Gasteiger partial charge on any atom is 0.338 e. The first-order chi connectivity index (χ1) is 15.3. The van der Waals surface area contributed by atoms with Crippen molar-refractivity contribution in [2.75, 3.05) is 13.7 Å². The van der Waals surface area contributed by atoms with E-state index in [1.54, 1.807) is 22.9 Å². The average Bonchev–Trinajstić information content (AvgIpc) is 3.41. The van der Waals surface area contributed by atoms with Gasteiger partial charge in [-0.05, 0) is 23.6 Å². The van der Waals surface area contributed by atoms with Crippen LogP contribution >= 0.6 is 22.9 Å². The highest BCUT2D eigenvalue weighted by molar-refractivity contribution is 7.17. The molecule has 0 saturated heterocycles. The van der Waals surface area contributed by atoms with Crippen molar-refractivity contribution >= 4 is 50.8 Å². The zero-order chi connectivity index (χ0) is 23.0. The van der Waals surface area contributed by atoms with Crippen molar-refractivity contribution in [1.29, 1.82) is 0 Å². The molecule has 4 aromatic rings. The van der Waals surface area contributed by atoms with E-state index in [0.29, 0.717) is 21.8 Å². The number of thiophene rings is 1. The first-order valence-corrected chi connectivity index (χ1v) is 10.3. The number of methoxy groups -OCH3 is 1. The van der Waals surface area contributed by atoms with Crippen molar-refractivity contribution in [3.05, 3.63) is 50.3 Å². The third-order valence-corrected chi connectivity index (χ3v) is 5.73. The molecule has 32 heavy (non-hydrogen) atoms. The third-order valence-electron chi connectivity index (χ3n) is 4.55. The molecule has 11 nitrogen and oxygen atoms in total. The van der Waals surface area contributed by atoms with Crippen molar-refractivity contribution < 1.29 is 23.8 Å². The van der Waals surface area contributed by atoms with Crippen LogP contribution in [0, 0.1) is 0 Å². The summed E-state index contributed by atoms with van der Waals surface area (Å²) in [7, 11) is 2.95. The van der Waals surface area contributed by atoms with Gasteiger partial charge < -0.3 is 19.9 Å². The molecule has 166 valence electrons. The first kappa shape index (κ1) is 21.6. The second-order valence-electron chi connectivity index (χ2n) is 6.57. The molecule has 3 heterocycles. The van der Waals surface area contributed by atoms with Crippen LogP contribution < -0.4 is 20.8 Å². The van der Waals surface area contributed by atoms with Gasteiger partial charge in [0.1, 0.15) is 4.70 Å². The number of rotatable bonds is 7. The van der Waals surface area contributed by atoms with Gasteiger partial charge in [0.2, 0.25) is 5.78 Å². The second kappa shape index (κ2) is 8.48. The number of carbonyl (C=O) groups excluding carboxylic acids is 2. The molecule has 0 aliphatic carbocycles. The summed E-state index contributed by atoms with van der Waals surface area (Å²) in [5.74, 6) is -0.513. The minimum atomic E-state index is -0.699. The molecular weight excluding hydrogens is 462 g/mol. The summed E-state index contributed by atoms with van der Waals surface area (Å²) in [6.07, 6.45) is 0. The minimum absolute atomic E-state index is 0.0421. The van der Waals surface area contributed by atoms with E-state index >= 15 is 0 Å². The van der Waals surface area contributed by atoms with Crippen molar-refractivity contribution in [1.82, 2.24) is 19.2 Å². The van der Waals surface area contributed by atoms with Gasteiger partial charge in [0.15, 0.2) is 30.5 Å². The molecule has 0 unspecified atom stereocenters. The Kier molecular flexibility index (Phi) is 5.72. The van der Waals surface area contributed by atoms with Crippen LogP contribution in [0.2, 0.25) is 5.02 Å². The Morgan fingerprint density at radius 1 is 1.28 bits per heavy atom. The summed E-state index contributed by atoms with van der Waals surface area (Å²) < 4.78 is 19.4. The van der Waals surface area contributed by atoms with Gasteiger partial charge in [-0.3, -0.25) is 18.6 Å². The molecular formula is C19H16ClN5O6S.